The van der Waals surface area contributed by atoms with Gasteiger partial charge in [0.15, 0.2) is 0 Å². The number of hydrogen-bond donors (Lipinski definition) is 0. The summed E-state index contributed by atoms with van der Waals surface area (Å²) in [4.78, 5) is 27.7. The topological polar surface area (TPSA) is 65.5 Å². The second-order valence-electron chi connectivity index (χ2n) is 5.01. The van der Waals surface area contributed by atoms with Crippen molar-refractivity contribution in [2.45, 2.75) is 25.7 Å². The van der Waals surface area contributed by atoms with Gasteiger partial charge in [-0.15, -0.1) is 0 Å². The fraction of sp³-hybridized carbons (Fsp3) is 0.438. The van der Waals surface area contributed by atoms with E-state index in [-0.39, 0.29) is 22.9 Å². The number of allylic oxidation sites excluding steroid dienone is 2. The molecule has 0 bridgehead atoms. The molecular formula is C16H19NO4. The van der Waals surface area contributed by atoms with Crippen LogP contribution in [0.25, 0.3) is 0 Å². The van der Waals surface area contributed by atoms with Crippen molar-refractivity contribution in [3.8, 4) is 5.88 Å². The lowest BCUT2D eigenvalue weighted by Crippen LogP contribution is -2.08. The van der Waals surface area contributed by atoms with E-state index in [0.29, 0.717) is 5.92 Å². The summed E-state index contributed by atoms with van der Waals surface area (Å²) in [5.74, 6) is -0.136. The van der Waals surface area contributed by atoms with Crippen LogP contribution in [0.3, 0.4) is 0 Å². The van der Waals surface area contributed by atoms with Crippen LogP contribution in [0, 0.1) is 5.92 Å². The number of esters is 1. The van der Waals surface area contributed by atoms with Crippen LogP contribution in [0.2, 0.25) is 0 Å². The molecule has 0 aromatic carbocycles. The van der Waals surface area contributed by atoms with Gasteiger partial charge in [0, 0.05) is 0 Å². The van der Waals surface area contributed by atoms with E-state index in [9.17, 15) is 9.59 Å². The normalized spacial score (nSPS) is 15.3. The molecule has 1 saturated carbocycles. The summed E-state index contributed by atoms with van der Waals surface area (Å²) in [5, 5.41) is 0. The van der Waals surface area contributed by atoms with Gasteiger partial charge in [-0.05, 0) is 37.0 Å². The van der Waals surface area contributed by atoms with Gasteiger partial charge >= 0.3 is 5.97 Å². The summed E-state index contributed by atoms with van der Waals surface area (Å²) in [6.45, 7) is 0. The molecule has 0 spiro atoms. The molecule has 5 nitrogen and oxygen atoms in total. The minimum atomic E-state index is -0.542. The monoisotopic (exact) mass is 289 g/mol. The molecule has 0 saturated heterocycles. The summed E-state index contributed by atoms with van der Waals surface area (Å²) in [5.41, 5.74) is 0.463. The lowest BCUT2D eigenvalue weighted by atomic mass is 10.1. The SMILES string of the molecule is COC(=O)c1ccc(C(=O)/C=C/C2CCCC2)nc1OC. The highest BCUT2D eigenvalue weighted by Crippen LogP contribution is 2.25. The highest BCUT2D eigenvalue weighted by molar-refractivity contribution is 6.03. The first-order chi connectivity index (χ1) is 10.2. The van der Waals surface area contributed by atoms with E-state index in [2.05, 4.69) is 9.72 Å². The van der Waals surface area contributed by atoms with Crippen LogP contribution in [-0.4, -0.2) is 31.0 Å². The molecule has 0 atom stereocenters. The van der Waals surface area contributed by atoms with Gasteiger partial charge in [0.2, 0.25) is 11.7 Å². The maximum atomic E-state index is 12.1. The second kappa shape index (κ2) is 7.02. The van der Waals surface area contributed by atoms with Crippen LogP contribution in [0.5, 0.6) is 5.88 Å². The highest BCUT2D eigenvalue weighted by Gasteiger charge is 2.17. The Balaban J connectivity index is 2.15. The second-order valence-corrected chi connectivity index (χ2v) is 5.01. The van der Waals surface area contributed by atoms with Gasteiger partial charge in [0.1, 0.15) is 11.3 Å². The van der Waals surface area contributed by atoms with Crippen molar-refractivity contribution < 1.29 is 19.1 Å². The Bertz CT molecular complexity index is 559. The Morgan fingerprint density at radius 3 is 2.57 bits per heavy atom. The Hall–Kier alpha value is -2.17. The van der Waals surface area contributed by atoms with Crippen molar-refractivity contribution in [1.29, 1.82) is 0 Å². The molecule has 21 heavy (non-hydrogen) atoms. The summed E-state index contributed by atoms with van der Waals surface area (Å²) < 4.78 is 9.69. The molecule has 1 aliphatic rings. The minimum Gasteiger partial charge on any atom is -0.480 e. The molecule has 0 unspecified atom stereocenters. The predicted molar refractivity (Wildman–Crippen MR) is 77.6 cm³/mol. The molecule has 0 amide bonds. The van der Waals surface area contributed by atoms with Gasteiger partial charge in [-0.3, -0.25) is 4.79 Å². The largest absolute Gasteiger partial charge is 0.480 e. The van der Waals surface area contributed by atoms with E-state index in [1.165, 1.54) is 39.2 Å². The van der Waals surface area contributed by atoms with Gasteiger partial charge in [-0.1, -0.05) is 18.9 Å². The molecule has 1 heterocycles. The molecular weight excluding hydrogens is 270 g/mol. The zero-order valence-corrected chi connectivity index (χ0v) is 12.3. The number of carbonyl (C=O) groups is 2. The average molecular weight is 289 g/mol. The van der Waals surface area contributed by atoms with Gasteiger partial charge in [-0.2, -0.15) is 0 Å². The van der Waals surface area contributed by atoms with Crippen molar-refractivity contribution in [1.82, 2.24) is 4.98 Å². The summed E-state index contributed by atoms with van der Waals surface area (Å²) in [6.07, 6.45) is 8.25. The first-order valence-electron chi connectivity index (χ1n) is 7.01. The van der Waals surface area contributed by atoms with Crippen LogP contribution in [0.1, 0.15) is 46.5 Å². The van der Waals surface area contributed by atoms with Crippen LogP contribution in [0.4, 0.5) is 0 Å². The third-order valence-electron chi connectivity index (χ3n) is 3.63. The van der Waals surface area contributed by atoms with Crippen molar-refractivity contribution in [3.63, 3.8) is 0 Å². The molecule has 1 aromatic heterocycles. The van der Waals surface area contributed by atoms with E-state index < -0.39 is 5.97 Å². The number of pyridine rings is 1. The smallest absolute Gasteiger partial charge is 0.343 e. The lowest BCUT2D eigenvalue weighted by molar-refractivity contribution is 0.0595. The molecule has 1 aromatic rings. The standard InChI is InChI=1S/C16H19NO4/c1-20-15-12(16(19)21-2)8-9-13(17-15)14(18)10-7-11-5-3-4-6-11/h7-11H,3-6H2,1-2H3/b10-7+. The van der Waals surface area contributed by atoms with E-state index in [1.54, 1.807) is 6.08 Å². The lowest BCUT2D eigenvalue weighted by Gasteiger charge is -2.07. The average Bonchev–Trinajstić information content (AvgIpc) is 3.04. The fourth-order valence-electron chi connectivity index (χ4n) is 2.46. The van der Waals surface area contributed by atoms with Gasteiger partial charge in [0.05, 0.1) is 14.2 Å². The van der Waals surface area contributed by atoms with E-state index in [4.69, 9.17) is 4.74 Å². The number of nitrogens with zero attached hydrogens (tertiary/aromatic N) is 1. The number of methoxy groups -OCH3 is 2. The van der Waals surface area contributed by atoms with Crippen LogP contribution in [-0.2, 0) is 4.74 Å². The van der Waals surface area contributed by atoms with Crippen LogP contribution < -0.4 is 4.74 Å². The van der Waals surface area contributed by atoms with E-state index in [0.717, 1.165) is 12.8 Å². The molecule has 0 radical (unpaired) electrons. The number of hydrogen-bond acceptors (Lipinski definition) is 5. The fourth-order valence-corrected chi connectivity index (χ4v) is 2.46. The first kappa shape index (κ1) is 15.2. The molecule has 2 rings (SSSR count). The summed E-state index contributed by atoms with van der Waals surface area (Å²) in [7, 11) is 2.68. The van der Waals surface area contributed by atoms with E-state index >= 15 is 0 Å². The maximum absolute atomic E-state index is 12.1. The van der Waals surface area contributed by atoms with Gasteiger partial charge < -0.3 is 9.47 Å². The third-order valence-corrected chi connectivity index (χ3v) is 3.63. The van der Waals surface area contributed by atoms with Crippen LogP contribution in [0.15, 0.2) is 24.3 Å². The molecule has 0 aliphatic heterocycles. The molecule has 5 heteroatoms. The Morgan fingerprint density at radius 1 is 1.24 bits per heavy atom. The highest BCUT2D eigenvalue weighted by atomic mass is 16.5. The van der Waals surface area contributed by atoms with Crippen molar-refractivity contribution in [2.24, 2.45) is 5.92 Å². The Kier molecular flexibility index (Phi) is 5.09. The zero-order valence-electron chi connectivity index (χ0n) is 12.3. The number of ether oxygens (including phenoxy) is 2. The molecule has 1 aliphatic carbocycles. The maximum Gasteiger partial charge on any atom is 0.343 e. The van der Waals surface area contributed by atoms with Crippen LogP contribution >= 0.6 is 0 Å². The number of ketones is 1. The van der Waals surface area contributed by atoms with Crippen molar-refractivity contribution in [2.75, 3.05) is 14.2 Å². The predicted octanol–water partition coefficient (Wildman–Crippen LogP) is 2.81. The Labute approximate surface area is 124 Å². The molecule has 112 valence electrons. The molecule has 0 N–H and O–H groups in total. The molecule has 1 fully saturated rings. The number of rotatable bonds is 5. The van der Waals surface area contributed by atoms with Gasteiger partial charge in [-0.25, -0.2) is 9.78 Å². The number of carbonyl (C=O) groups excluding carboxylic acids is 2. The van der Waals surface area contributed by atoms with Crippen molar-refractivity contribution >= 4 is 11.8 Å². The zero-order chi connectivity index (χ0) is 15.2. The quantitative estimate of drug-likeness (QED) is 0.474. The number of aromatic nitrogens is 1. The Morgan fingerprint density at radius 2 is 1.95 bits per heavy atom. The first-order valence-corrected chi connectivity index (χ1v) is 7.01. The van der Waals surface area contributed by atoms with Crippen molar-refractivity contribution in [3.05, 3.63) is 35.5 Å². The minimum absolute atomic E-state index is 0.0990. The summed E-state index contributed by atoms with van der Waals surface area (Å²) >= 11 is 0. The van der Waals surface area contributed by atoms with E-state index in [1.807, 2.05) is 6.08 Å². The summed E-state index contributed by atoms with van der Waals surface area (Å²) in [6, 6.07) is 3.00. The van der Waals surface area contributed by atoms with Gasteiger partial charge in [0.25, 0.3) is 0 Å². The third kappa shape index (κ3) is 3.68.